The molecule has 1 aliphatic carbocycles. The SMILES string of the molecule is C=CC(=O)OC1(O)CCCCC1. The normalized spacial score (nSPS) is 21.4. The summed E-state index contributed by atoms with van der Waals surface area (Å²) in [5.74, 6) is -1.76. The van der Waals surface area contributed by atoms with Gasteiger partial charge in [-0.2, -0.15) is 0 Å². The lowest BCUT2D eigenvalue weighted by molar-refractivity contribution is -0.215. The van der Waals surface area contributed by atoms with Crippen LogP contribution in [0.4, 0.5) is 0 Å². The summed E-state index contributed by atoms with van der Waals surface area (Å²) in [4.78, 5) is 10.8. The molecule has 0 amide bonds. The average molecular weight is 170 g/mol. The molecule has 68 valence electrons. The molecular formula is C9H14O3. The highest BCUT2D eigenvalue weighted by molar-refractivity contribution is 5.81. The molecular weight excluding hydrogens is 156 g/mol. The van der Waals surface area contributed by atoms with Crippen molar-refractivity contribution in [3.8, 4) is 0 Å². The molecule has 1 fully saturated rings. The maximum Gasteiger partial charge on any atom is 0.332 e. The Labute approximate surface area is 72.0 Å². The van der Waals surface area contributed by atoms with Crippen molar-refractivity contribution in [3.63, 3.8) is 0 Å². The molecule has 0 atom stereocenters. The van der Waals surface area contributed by atoms with E-state index in [1.165, 1.54) is 0 Å². The fourth-order valence-corrected chi connectivity index (χ4v) is 1.44. The van der Waals surface area contributed by atoms with Gasteiger partial charge in [0.15, 0.2) is 0 Å². The first-order chi connectivity index (χ1) is 5.66. The number of ether oxygens (including phenoxy) is 1. The molecule has 0 aliphatic heterocycles. The summed E-state index contributed by atoms with van der Waals surface area (Å²) in [5, 5.41) is 9.68. The Kier molecular flexibility index (Phi) is 2.87. The van der Waals surface area contributed by atoms with Crippen molar-refractivity contribution < 1.29 is 14.6 Å². The first-order valence-electron chi connectivity index (χ1n) is 4.24. The van der Waals surface area contributed by atoms with Gasteiger partial charge in [-0.15, -0.1) is 0 Å². The van der Waals surface area contributed by atoms with Gasteiger partial charge in [0.25, 0.3) is 0 Å². The van der Waals surface area contributed by atoms with E-state index in [2.05, 4.69) is 6.58 Å². The first-order valence-corrected chi connectivity index (χ1v) is 4.24. The minimum atomic E-state index is -1.22. The second-order valence-electron chi connectivity index (χ2n) is 3.13. The smallest absolute Gasteiger partial charge is 0.332 e. The number of carbonyl (C=O) groups is 1. The van der Waals surface area contributed by atoms with E-state index < -0.39 is 11.8 Å². The van der Waals surface area contributed by atoms with Crippen LogP contribution in [0, 0.1) is 0 Å². The highest BCUT2D eigenvalue weighted by atomic mass is 16.7. The summed E-state index contributed by atoms with van der Waals surface area (Å²) in [5.41, 5.74) is 0. The van der Waals surface area contributed by atoms with Gasteiger partial charge in [-0.3, -0.25) is 0 Å². The quantitative estimate of drug-likeness (QED) is 0.387. The minimum Gasteiger partial charge on any atom is -0.430 e. The Morgan fingerprint density at radius 3 is 2.50 bits per heavy atom. The molecule has 1 N–H and O–H groups in total. The number of esters is 1. The first kappa shape index (κ1) is 9.26. The van der Waals surface area contributed by atoms with E-state index >= 15 is 0 Å². The van der Waals surface area contributed by atoms with Gasteiger partial charge < -0.3 is 9.84 Å². The molecule has 0 aromatic rings. The van der Waals surface area contributed by atoms with Crippen LogP contribution in [0.2, 0.25) is 0 Å². The van der Waals surface area contributed by atoms with Crippen molar-refractivity contribution in [2.75, 3.05) is 0 Å². The van der Waals surface area contributed by atoms with E-state index in [-0.39, 0.29) is 0 Å². The second-order valence-corrected chi connectivity index (χ2v) is 3.13. The van der Waals surface area contributed by atoms with Gasteiger partial charge in [0.05, 0.1) is 0 Å². The zero-order valence-electron chi connectivity index (χ0n) is 7.08. The summed E-state index contributed by atoms with van der Waals surface area (Å²) in [6, 6.07) is 0. The monoisotopic (exact) mass is 170 g/mol. The molecule has 0 unspecified atom stereocenters. The maximum absolute atomic E-state index is 10.8. The van der Waals surface area contributed by atoms with Crippen molar-refractivity contribution in [1.82, 2.24) is 0 Å². The predicted molar refractivity (Wildman–Crippen MR) is 44.3 cm³/mol. The molecule has 0 aromatic carbocycles. The highest BCUT2D eigenvalue weighted by Crippen LogP contribution is 2.28. The van der Waals surface area contributed by atoms with Crippen LogP contribution in [0.3, 0.4) is 0 Å². The van der Waals surface area contributed by atoms with Crippen molar-refractivity contribution >= 4 is 5.97 Å². The van der Waals surface area contributed by atoms with Crippen LogP contribution in [0.1, 0.15) is 32.1 Å². The zero-order chi connectivity index (χ0) is 9.03. The molecule has 1 aliphatic rings. The topological polar surface area (TPSA) is 46.5 Å². The molecule has 1 saturated carbocycles. The molecule has 0 aromatic heterocycles. The molecule has 0 spiro atoms. The summed E-state index contributed by atoms with van der Waals surface area (Å²) >= 11 is 0. The Hall–Kier alpha value is -0.830. The van der Waals surface area contributed by atoms with Gasteiger partial charge in [0.2, 0.25) is 5.79 Å². The van der Waals surface area contributed by atoms with Gasteiger partial charge >= 0.3 is 5.97 Å². The Morgan fingerprint density at radius 2 is 2.00 bits per heavy atom. The lowest BCUT2D eigenvalue weighted by Gasteiger charge is -2.30. The molecule has 1 rings (SSSR count). The standard InChI is InChI=1S/C9H14O3/c1-2-8(10)12-9(11)6-4-3-5-7-9/h2,11H,1,3-7H2. The molecule has 0 radical (unpaired) electrons. The second kappa shape index (κ2) is 3.72. The van der Waals surface area contributed by atoms with Crippen molar-refractivity contribution in [2.45, 2.75) is 37.9 Å². The van der Waals surface area contributed by atoms with E-state index in [0.717, 1.165) is 25.3 Å². The molecule has 0 heterocycles. The van der Waals surface area contributed by atoms with Crippen molar-refractivity contribution in [2.24, 2.45) is 0 Å². The summed E-state index contributed by atoms with van der Waals surface area (Å²) in [7, 11) is 0. The Balaban J connectivity index is 2.46. The molecule has 12 heavy (non-hydrogen) atoms. The molecule has 3 heteroatoms. The lowest BCUT2D eigenvalue weighted by Crippen LogP contribution is -2.36. The number of carbonyl (C=O) groups excluding carboxylic acids is 1. The molecule has 3 nitrogen and oxygen atoms in total. The number of hydrogen-bond donors (Lipinski definition) is 1. The van der Waals surface area contributed by atoms with Crippen LogP contribution >= 0.6 is 0 Å². The summed E-state index contributed by atoms with van der Waals surface area (Å²) in [6.07, 6.45) is 5.11. The minimum absolute atomic E-state index is 0.542. The van der Waals surface area contributed by atoms with E-state index in [9.17, 15) is 9.90 Å². The van der Waals surface area contributed by atoms with Crippen LogP contribution in [0.25, 0.3) is 0 Å². The summed E-state index contributed by atoms with van der Waals surface area (Å²) in [6.45, 7) is 3.27. The van der Waals surface area contributed by atoms with E-state index in [0.29, 0.717) is 12.8 Å². The van der Waals surface area contributed by atoms with Gasteiger partial charge in [0, 0.05) is 18.9 Å². The van der Waals surface area contributed by atoms with Gasteiger partial charge in [-0.05, 0) is 12.8 Å². The van der Waals surface area contributed by atoms with Gasteiger partial charge in [-0.25, -0.2) is 4.79 Å². The highest BCUT2D eigenvalue weighted by Gasteiger charge is 2.32. The number of aliphatic hydroxyl groups is 1. The third kappa shape index (κ3) is 2.34. The van der Waals surface area contributed by atoms with Crippen LogP contribution in [-0.4, -0.2) is 16.9 Å². The number of rotatable bonds is 2. The summed E-state index contributed by atoms with van der Waals surface area (Å²) < 4.78 is 4.83. The number of hydrogen-bond acceptors (Lipinski definition) is 3. The predicted octanol–water partition coefficient (Wildman–Crippen LogP) is 1.37. The fourth-order valence-electron chi connectivity index (χ4n) is 1.44. The molecule has 0 saturated heterocycles. The largest absolute Gasteiger partial charge is 0.430 e. The zero-order valence-corrected chi connectivity index (χ0v) is 7.08. The lowest BCUT2D eigenvalue weighted by atomic mass is 9.94. The van der Waals surface area contributed by atoms with E-state index in [1.54, 1.807) is 0 Å². The van der Waals surface area contributed by atoms with E-state index in [4.69, 9.17) is 4.74 Å². The van der Waals surface area contributed by atoms with Crippen LogP contribution in [0.5, 0.6) is 0 Å². The van der Waals surface area contributed by atoms with Crippen LogP contribution in [0.15, 0.2) is 12.7 Å². The van der Waals surface area contributed by atoms with E-state index in [1.807, 2.05) is 0 Å². The third-order valence-corrected chi connectivity index (χ3v) is 2.09. The van der Waals surface area contributed by atoms with Gasteiger partial charge in [0.1, 0.15) is 0 Å². The molecule has 0 bridgehead atoms. The Bertz CT molecular complexity index is 180. The Morgan fingerprint density at radius 1 is 1.42 bits per heavy atom. The van der Waals surface area contributed by atoms with Crippen molar-refractivity contribution in [3.05, 3.63) is 12.7 Å². The van der Waals surface area contributed by atoms with Crippen LogP contribution < -0.4 is 0 Å². The van der Waals surface area contributed by atoms with Gasteiger partial charge in [-0.1, -0.05) is 13.0 Å². The average Bonchev–Trinajstić information content (AvgIpc) is 2.05. The maximum atomic E-state index is 10.8. The van der Waals surface area contributed by atoms with Crippen molar-refractivity contribution in [1.29, 1.82) is 0 Å². The fraction of sp³-hybridized carbons (Fsp3) is 0.667. The van der Waals surface area contributed by atoms with Crippen LogP contribution in [-0.2, 0) is 9.53 Å². The third-order valence-electron chi connectivity index (χ3n) is 2.09.